The van der Waals surface area contributed by atoms with Gasteiger partial charge in [0.15, 0.2) is 17.4 Å². The van der Waals surface area contributed by atoms with Gasteiger partial charge in [-0.05, 0) is 22.2 Å². The van der Waals surface area contributed by atoms with Crippen LogP contribution in [0.2, 0.25) is 0 Å². The van der Waals surface area contributed by atoms with E-state index in [2.05, 4.69) is 30.2 Å². The van der Waals surface area contributed by atoms with Crippen molar-refractivity contribution in [3.05, 3.63) is 35.0 Å². The molecule has 4 aromatic rings. The number of imidazole rings is 1. The van der Waals surface area contributed by atoms with Crippen molar-refractivity contribution in [2.75, 3.05) is 12.3 Å². The molecule has 0 bridgehead atoms. The van der Waals surface area contributed by atoms with E-state index in [1.165, 1.54) is 17.1 Å². The summed E-state index contributed by atoms with van der Waals surface area (Å²) < 4.78 is 28.9. The first-order valence-electron chi connectivity index (χ1n) is 9.31. The minimum absolute atomic E-state index is 0.00999. The SMILES string of the molecule is Nc1nc2c(ncn2[C@@H]2O[C@H](COP(=O)(O)On3nnc4cccnc43)[C@H](O)C2O)c(=O)[nH]1. The second-order valence-corrected chi connectivity index (χ2v) is 8.33. The van der Waals surface area contributed by atoms with E-state index in [9.17, 15) is 24.5 Å². The second-order valence-electron chi connectivity index (χ2n) is 6.98. The van der Waals surface area contributed by atoms with Crippen LogP contribution in [0.4, 0.5) is 5.95 Å². The fraction of sp³-hybridized carbons (Fsp3) is 0.333. The third-order valence-corrected chi connectivity index (χ3v) is 5.66. The summed E-state index contributed by atoms with van der Waals surface area (Å²) in [5.41, 5.74) is 5.31. The molecule has 18 heteroatoms. The molecule has 1 saturated heterocycles. The Morgan fingerprint density at radius 2 is 2.09 bits per heavy atom. The molecular formula is C15H16N9O8P. The maximum absolute atomic E-state index is 12.3. The molecule has 0 aliphatic carbocycles. The molecule has 0 radical (unpaired) electrons. The summed E-state index contributed by atoms with van der Waals surface area (Å²) in [5.74, 6) is -0.185. The molecule has 0 saturated carbocycles. The minimum Gasteiger partial charge on any atom is -0.387 e. The maximum Gasteiger partial charge on any atom is 0.548 e. The van der Waals surface area contributed by atoms with Gasteiger partial charge < -0.3 is 20.7 Å². The molecule has 2 unspecified atom stereocenters. The number of aliphatic hydroxyl groups excluding tert-OH is 2. The van der Waals surface area contributed by atoms with E-state index >= 15 is 0 Å². The quantitative estimate of drug-likeness (QED) is 0.182. The number of pyridine rings is 1. The van der Waals surface area contributed by atoms with Crippen LogP contribution in [0.5, 0.6) is 0 Å². The zero-order valence-electron chi connectivity index (χ0n) is 16.4. The number of nitrogens with zero attached hydrogens (tertiary/aromatic N) is 7. The number of H-pyrrole nitrogens is 1. The van der Waals surface area contributed by atoms with Crippen molar-refractivity contribution in [3.63, 3.8) is 0 Å². The molecule has 0 aromatic carbocycles. The van der Waals surface area contributed by atoms with E-state index < -0.39 is 44.5 Å². The number of nitrogen functional groups attached to an aromatic ring is 1. The summed E-state index contributed by atoms with van der Waals surface area (Å²) in [6.45, 7) is -0.647. The predicted molar refractivity (Wildman–Crippen MR) is 106 cm³/mol. The van der Waals surface area contributed by atoms with Crippen LogP contribution in [0, 0.1) is 0 Å². The highest BCUT2D eigenvalue weighted by Crippen LogP contribution is 2.41. The third-order valence-electron chi connectivity index (χ3n) is 4.83. The smallest absolute Gasteiger partial charge is 0.387 e. The first-order chi connectivity index (χ1) is 15.7. The number of aromatic nitrogens is 8. The average Bonchev–Trinajstić information content (AvgIpc) is 3.44. The van der Waals surface area contributed by atoms with Crippen molar-refractivity contribution in [2.45, 2.75) is 24.5 Å². The first kappa shape index (κ1) is 21.4. The number of hydrogen-bond donors (Lipinski definition) is 5. The molecule has 33 heavy (non-hydrogen) atoms. The maximum atomic E-state index is 12.3. The zero-order chi connectivity index (χ0) is 23.3. The molecule has 0 amide bonds. The number of phosphoric acid groups is 1. The summed E-state index contributed by atoms with van der Waals surface area (Å²) in [5, 5.41) is 28.1. The lowest BCUT2D eigenvalue weighted by Gasteiger charge is -2.17. The van der Waals surface area contributed by atoms with E-state index in [1.807, 2.05) is 0 Å². The summed E-state index contributed by atoms with van der Waals surface area (Å²) in [7, 11) is -4.76. The van der Waals surface area contributed by atoms with E-state index in [0.29, 0.717) is 10.4 Å². The Kier molecular flexibility index (Phi) is 5.08. The number of aliphatic hydroxyl groups is 2. The third kappa shape index (κ3) is 3.82. The van der Waals surface area contributed by atoms with E-state index in [0.717, 1.165) is 0 Å². The largest absolute Gasteiger partial charge is 0.548 e. The number of phosphoric ester groups is 1. The number of aromatic amines is 1. The van der Waals surface area contributed by atoms with Crippen LogP contribution in [0.15, 0.2) is 29.5 Å². The normalized spacial score (nSPS) is 24.9. The topological polar surface area (TPSA) is 239 Å². The van der Waals surface area contributed by atoms with Gasteiger partial charge in [-0.2, -0.15) is 4.98 Å². The van der Waals surface area contributed by atoms with E-state index in [4.69, 9.17) is 19.6 Å². The van der Waals surface area contributed by atoms with Gasteiger partial charge in [0.25, 0.3) is 5.56 Å². The van der Waals surface area contributed by atoms with Crippen LogP contribution in [0.25, 0.3) is 22.3 Å². The van der Waals surface area contributed by atoms with E-state index in [-0.39, 0.29) is 22.8 Å². The Morgan fingerprint density at radius 1 is 1.27 bits per heavy atom. The van der Waals surface area contributed by atoms with Gasteiger partial charge in [0.05, 0.1) is 12.9 Å². The van der Waals surface area contributed by atoms with Crippen LogP contribution in [-0.2, 0) is 13.8 Å². The molecule has 5 heterocycles. The fourth-order valence-electron chi connectivity index (χ4n) is 3.32. The number of nitrogens with two attached hydrogens (primary N) is 1. The molecule has 5 rings (SSSR count). The van der Waals surface area contributed by atoms with Crippen LogP contribution in [0.1, 0.15) is 6.23 Å². The molecular weight excluding hydrogens is 465 g/mol. The van der Waals surface area contributed by atoms with Gasteiger partial charge in [0, 0.05) is 6.20 Å². The summed E-state index contributed by atoms with van der Waals surface area (Å²) >= 11 is 0. The standard InChI is InChI=1S/C15H16N9O8P/c16-15-19-12-8(13(27)20-15)18-5-23(12)14-10(26)9(25)7(31-14)4-30-33(28,29)32-24-11-6(21-22-24)2-1-3-17-11/h1-3,5,7,9-10,14,25-26H,4H2,(H,28,29)(H3,16,19,20,27)/t7-,9+,10?,14-/m1/s1. The lowest BCUT2D eigenvalue weighted by Crippen LogP contribution is -2.34. The summed E-state index contributed by atoms with van der Waals surface area (Å²) in [4.78, 5) is 36.7. The Labute approximate surface area is 181 Å². The number of ether oxygens (including phenoxy) is 1. The lowest BCUT2D eigenvalue weighted by molar-refractivity contribution is -0.0518. The van der Waals surface area contributed by atoms with Crippen LogP contribution in [-0.4, -0.2) is 79.7 Å². The number of hydrogen-bond acceptors (Lipinski definition) is 13. The monoisotopic (exact) mass is 481 g/mol. The molecule has 0 spiro atoms. The molecule has 1 fully saturated rings. The van der Waals surface area contributed by atoms with Crippen molar-refractivity contribution >= 4 is 36.1 Å². The minimum atomic E-state index is -4.76. The highest BCUT2D eigenvalue weighted by molar-refractivity contribution is 7.47. The molecule has 17 nitrogen and oxygen atoms in total. The predicted octanol–water partition coefficient (Wildman–Crippen LogP) is -2.29. The first-order valence-corrected chi connectivity index (χ1v) is 10.8. The Balaban J connectivity index is 1.31. The number of fused-ring (bicyclic) bond motifs is 2. The van der Waals surface area contributed by atoms with Crippen molar-refractivity contribution < 1.29 is 33.6 Å². The summed E-state index contributed by atoms with van der Waals surface area (Å²) in [6, 6.07) is 3.17. The van der Waals surface area contributed by atoms with Crippen LogP contribution >= 0.6 is 7.82 Å². The molecule has 1 aliphatic rings. The molecule has 1 aliphatic heterocycles. The van der Waals surface area contributed by atoms with Gasteiger partial charge in [-0.3, -0.25) is 28.4 Å². The Morgan fingerprint density at radius 3 is 2.91 bits per heavy atom. The number of nitrogens with one attached hydrogen (secondary N) is 1. The van der Waals surface area contributed by atoms with Gasteiger partial charge >= 0.3 is 7.82 Å². The van der Waals surface area contributed by atoms with Crippen molar-refractivity contribution in [2.24, 2.45) is 0 Å². The summed E-state index contributed by atoms with van der Waals surface area (Å²) in [6.07, 6.45) is -2.94. The molecule has 174 valence electrons. The van der Waals surface area contributed by atoms with Crippen molar-refractivity contribution in [1.82, 2.24) is 39.7 Å². The van der Waals surface area contributed by atoms with Gasteiger partial charge in [-0.15, -0.1) is 5.10 Å². The van der Waals surface area contributed by atoms with E-state index in [1.54, 1.807) is 12.1 Å². The molecule has 4 aromatic heterocycles. The Bertz CT molecular complexity index is 1440. The highest BCUT2D eigenvalue weighted by atomic mass is 31.2. The number of rotatable bonds is 6. The van der Waals surface area contributed by atoms with Gasteiger partial charge in [-0.1, -0.05) is 0 Å². The Hall–Kier alpha value is -3.47. The second kappa shape index (κ2) is 7.84. The van der Waals surface area contributed by atoms with Crippen molar-refractivity contribution in [1.29, 1.82) is 0 Å². The van der Waals surface area contributed by atoms with Crippen LogP contribution < -0.4 is 15.9 Å². The molecule has 5 atom stereocenters. The lowest BCUT2D eigenvalue weighted by atomic mass is 10.1. The average molecular weight is 481 g/mol. The number of anilines is 1. The molecule has 6 N–H and O–H groups in total. The van der Waals surface area contributed by atoms with Gasteiger partial charge in [0.2, 0.25) is 11.6 Å². The van der Waals surface area contributed by atoms with Gasteiger partial charge in [-0.25, -0.2) is 14.5 Å². The zero-order valence-corrected chi connectivity index (χ0v) is 17.3. The van der Waals surface area contributed by atoms with Crippen LogP contribution in [0.3, 0.4) is 0 Å². The fourth-order valence-corrected chi connectivity index (χ4v) is 4.00. The van der Waals surface area contributed by atoms with Crippen molar-refractivity contribution in [3.8, 4) is 0 Å². The highest BCUT2D eigenvalue weighted by Gasteiger charge is 2.45. The van der Waals surface area contributed by atoms with Gasteiger partial charge in [0.1, 0.15) is 23.8 Å².